The standard InChI is InChI=1S/C26H25FN2O4/c27-24-15-29-9-8-18(24)13-25(30)19-6-7-21(14-28)23(12-19)17-3-1-4-20(11-17)26(31)33-16-22-5-2-10-32-22/h1,3-4,6-9,11-12,15,22H,2,5,10,13-14,16,28H2. The Bertz CT molecular complexity index is 1160. The Balaban J connectivity index is 1.56. The van der Waals surface area contributed by atoms with E-state index in [2.05, 4.69) is 4.98 Å². The number of halogens is 1. The minimum Gasteiger partial charge on any atom is -0.459 e. The van der Waals surface area contributed by atoms with Crippen LogP contribution in [0.5, 0.6) is 0 Å². The van der Waals surface area contributed by atoms with Crippen molar-refractivity contribution in [2.75, 3.05) is 13.2 Å². The summed E-state index contributed by atoms with van der Waals surface area (Å²) in [5.74, 6) is -1.17. The number of hydrogen-bond acceptors (Lipinski definition) is 6. The molecule has 0 radical (unpaired) electrons. The molecule has 1 aromatic heterocycles. The van der Waals surface area contributed by atoms with Crippen LogP contribution < -0.4 is 5.73 Å². The molecular weight excluding hydrogens is 423 g/mol. The first-order valence-electron chi connectivity index (χ1n) is 10.9. The monoisotopic (exact) mass is 448 g/mol. The summed E-state index contributed by atoms with van der Waals surface area (Å²) in [5, 5.41) is 0. The van der Waals surface area contributed by atoms with Crippen LogP contribution in [0.4, 0.5) is 4.39 Å². The van der Waals surface area contributed by atoms with Crippen molar-refractivity contribution in [1.29, 1.82) is 0 Å². The Kier molecular flexibility index (Phi) is 7.22. The molecule has 0 amide bonds. The lowest BCUT2D eigenvalue weighted by molar-refractivity contribution is 0.0161. The van der Waals surface area contributed by atoms with E-state index in [1.54, 1.807) is 36.4 Å². The van der Waals surface area contributed by atoms with Gasteiger partial charge in [0.2, 0.25) is 0 Å². The van der Waals surface area contributed by atoms with E-state index < -0.39 is 11.8 Å². The number of rotatable bonds is 8. The highest BCUT2D eigenvalue weighted by molar-refractivity contribution is 5.99. The van der Waals surface area contributed by atoms with E-state index in [1.807, 2.05) is 6.07 Å². The number of nitrogens with zero attached hydrogens (tertiary/aromatic N) is 1. The van der Waals surface area contributed by atoms with Crippen molar-refractivity contribution in [3.63, 3.8) is 0 Å². The molecule has 0 bridgehead atoms. The Labute approximate surface area is 191 Å². The van der Waals surface area contributed by atoms with Crippen LogP contribution in [0.25, 0.3) is 11.1 Å². The van der Waals surface area contributed by atoms with Crippen LogP contribution in [-0.4, -0.2) is 36.1 Å². The number of nitrogens with two attached hydrogens (primary N) is 1. The third kappa shape index (κ3) is 5.50. The first kappa shape index (κ1) is 22.8. The van der Waals surface area contributed by atoms with Crippen molar-refractivity contribution in [3.8, 4) is 11.1 Å². The molecular formula is C26H25FN2O4. The molecule has 2 N–H and O–H groups in total. The van der Waals surface area contributed by atoms with Crippen molar-refractivity contribution in [2.45, 2.75) is 31.9 Å². The summed E-state index contributed by atoms with van der Waals surface area (Å²) in [4.78, 5) is 29.1. The van der Waals surface area contributed by atoms with E-state index in [1.165, 1.54) is 12.3 Å². The highest BCUT2D eigenvalue weighted by Gasteiger charge is 2.19. The minimum atomic E-state index is -0.515. The SMILES string of the molecule is NCc1ccc(C(=O)Cc2ccncc2F)cc1-c1cccc(C(=O)OCC2CCCO2)c1. The van der Waals surface area contributed by atoms with Gasteiger partial charge in [-0.25, -0.2) is 9.18 Å². The van der Waals surface area contributed by atoms with Gasteiger partial charge < -0.3 is 15.2 Å². The summed E-state index contributed by atoms with van der Waals surface area (Å²) in [6.45, 7) is 1.19. The van der Waals surface area contributed by atoms with Gasteiger partial charge in [-0.2, -0.15) is 0 Å². The molecule has 170 valence electrons. The van der Waals surface area contributed by atoms with E-state index in [0.717, 1.165) is 35.7 Å². The second-order valence-electron chi connectivity index (χ2n) is 7.96. The van der Waals surface area contributed by atoms with Gasteiger partial charge in [0.15, 0.2) is 5.78 Å². The van der Waals surface area contributed by atoms with E-state index in [4.69, 9.17) is 15.2 Å². The maximum Gasteiger partial charge on any atom is 0.338 e. The third-order valence-electron chi connectivity index (χ3n) is 5.69. The first-order chi connectivity index (χ1) is 16.0. The summed E-state index contributed by atoms with van der Waals surface area (Å²) < 4.78 is 24.8. The summed E-state index contributed by atoms with van der Waals surface area (Å²) >= 11 is 0. The van der Waals surface area contributed by atoms with Crippen LogP contribution in [0.3, 0.4) is 0 Å². The average Bonchev–Trinajstić information content (AvgIpc) is 3.37. The maximum atomic E-state index is 13.9. The van der Waals surface area contributed by atoms with Crippen molar-refractivity contribution in [2.24, 2.45) is 5.73 Å². The van der Waals surface area contributed by atoms with Crippen molar-refractivity contribution in [3.05, 3.63) is 89.0 Å². The van der Waals surface area contributed by atoms with Crippen molar-refractivity contribution >= 4 is 11.8 Å². The number of carbonyl (C=O) groups excluding carboxylic acids is 2. The van der Waals surface area contributed by atoms with Crippen LogP contribution in [0.2, 0.25) is 0 Å². The highest BCUT2D eigenvalue weighted by Crippen LogP contribution is 2.27. The smallest absolute Gasteiger partial charge is 0.338 e. The molecule has 1 fully saturated rings. The molecule has 1 aliphatic heterocycles. The van der Waals surface area contributed by atoms with Crippen LogP contribution in [0.15, 0.2) is 60.9 Å². The fraction of sp³-hybridized carbons (Fsp3) is 0.269. The molecule has 1 unspecified atom stereocenters. The first-order valence-corrected chi connectivity index (χ1v) is 10.9. The second kappa shape index (κ2) is 10.5. The lowest BCUT2D eigenvalue weighted by atomic mass is 9.93. The van der Waals surface area contributed by atoms with E-state index in [9.17, 15) is 14.0 Å². The number of ether oxygens (including phenoxy) is 2. The predicted molar refractivity (Wildman–Crippen MR) is 121 cm³/mol. The summed E-state index contributed by atoms with van der Waals surface area (Å²) in [6.07, 6.45) is 4.28. The largest absolute Gasteiger partial charge is 0.459 e. The zero-order valence-electron chi connectivity index (χ0n) is 18.1. The molecule has 7 heteroatoms. The lowest BCUT2D eigenvalue weighted by Crippen LogP contribution is -2.17. The summed E-state index contributed by atoms with van der Waals surface area (Å²) in [7, 11) is 0. The van der Waals surface area contributed by atoms with Crippen LogP contribution in [0, 0.1) is 5.82 Å². The summed E-state index contributed by atoms with van der Waals surface area (Å²) in [6, 6.07) is 13.7. The Morgan fingerprint density at radius 2 is 2.00 bits per heavy atom. The zero-order chi connectivity index (χ0) is 23.2. The fourth-order valence-corrected chi connectivity index (χ4v) is 3.86. The van der Waals surface area contributed by atoms with Gasteiger partial charge in [-0.1, -0.05) is 24.3 Å². The Morgan fingerprint density at radius 3 is 2.76 bits per heavy atom. The van der Waals surface area contributed by atoms with Gasteiger partial charge in [0.05, 0.1) is 17.9 Å². The minimum absolute atomic E-state index is 0.0473. The van der Waals surface area contributed by atoms with Gasteiger partial charge in [0, 0.05) is 31.3 Å². The number of esters is 1. The van der Waals surface area contributed by atoms with Crippen LogP contribution in [0.1, 0.15) is 44.7 Å². The van der Waals surface area contributed by atoms with Crippen LogP contribution in [-0.2, 0) is 22.4 Å². The molecule has 0 saturated carbocycles. The summed E-state index contributed by atoms with van der Waals surface area (Å²) in [5.41, 5.74) is 9.37. The number of Topliss-reactive ketones (excluding diaryl/α,β-unsaturated/α-hetero) is 1. The number of pyridine rings is 1. The van der Waals surface area contributed by atoms with E-state index in [-0.39, 0.29) is 37.0 Å². The molecule has 2 aromatic carbocycles. The molecule has 0 aliphatic carbocycles. The number of hydrogen-bond donors (Lipinski definition) is 1. The maximum absolute atomic E-state index is 13.9. The van der Waals surface area contributed by atoms with Gasteiger partial charge >= 0.3 is 5.97 Å². The van der Waals surface area contributed by atoms with Gasteiger partial charge in [-0.15, -0.1) is 0 Å². The van der Waals surface area contributed by atoms with Gasteiger partial charge in [0.25, 0.3) is 0 Å². The fourth-order valence-electron chi connectivity index (χ4n) is 3.86. The van der Waals surface area contributed by atoms with Crippen molar-refractivity contribution in [1.82, 2.24) is 4.98 Å². The van der Waals surface area contributed by atoms with Gasteiger partial charge in [0.1, 0.15) is 12.4 Å². The van der Waals surface area contributed by atoms with Crippen molar-refractivity contribution < 1.29 is 23.5 Å². The molecule has 2 heterocycles. The van der Waals surface area contributed by atoms with Gasteiger partial charge in [-0.05, 0) is 59.4 Å². The highest BCUT2D eigenvalue weighted by atomic mass is 19.1. The number of benzene rings is 2. The lowest BCUT2D eigenvalue weighted by Gasteiger charge is -2.13. The number of aromatic nitrogens is 1. The molecule has 4 rings (SSSR count). The van der Waals surface area contributed by atoms with Gasteiger partial charge in [-0.3, -0.25) is 9.78 Å². The molecule has 1 aliphatic rings. The second-order valence-corrected chi connectivity index (χ2v) is 7.96. The molecule has 1 atom stereocenters. The quantitative estimate of drug-likeness (QED) is 0.412. The number of ketones is 1. The van der Waals surface area contributed by atoms with E-state index >= 15 is 0 Å². The number of carbonyl (C=O) groups is 2. The molecule has 33 heavy (non-hydrogen) atoms. The third-order valence-corrected chi connectivity index (χ3v) is 5.69. The van der Waals surface area contributed by atoms with Crippen LogP contribution >= 0.6 is 0 Å². The molecule has 0 spiro atoms. The Hall–Kier alpha value is -3.42. The topological polar surface area (TPSA) is 91.5 Å². The molecule has 6 nitrogen and oxygen atoms in total. The predicted octanol–water partition coefficient (Wildman–Crippen LogP) is 4.11. The molecule has 3 aromatic rings. The zero-order valence-corrected chi connectivity index (χ0v) is 18.1. The Morgan fingerprint density at radius 1 is 1.12 bits per heavy atom. The molecule has 1 saturated heterocycles. The van der Waals surface area contributed by atoms with E-state index in [0.29, 0.717) is 17.7 Å². The normalized spacial score (nSPS) is 15.4. The average molecular weight is 448 g/mol.